The van der Waals surface area contributed by atoms with Crippen LogP contribution < -0.4 is 0 Å². The average molecular weight is 591 g/mol. The molecule has 0 aliphatic rings. The second-order valence-corrected chi connectivity index (χ2v) is 10.9. The summed E-state index contributed by atoms with van der Waals surface area (Å²) in [5, 5.41) is 1.11. The topological polar surface area (TPSA) is 77.3 Å². The Morgan fingerprint density at radius 3 is 1.48 bits per heavy atom. The third-order valence-electron chi connectivity index (χ3n) is 7.92. The predicted molar refractivity (Wildman–Crippen MR) is 183 cm³/mol. The predicted octanol–water partition coefficient (Wildman–Crippen LogP) is 9.21. The van der Waals surface area contributed by atoms with E-state index in [0.717, 1.165) is 61.2 Å². The van der Waals surface area contributed by atoms with Gasteiger partial charge >= 0.3 is 0 Å². The summed E-state index contributed by atoms with van der Waals surface area (Å²) < 4.78 is 0. The van der Waals surface area contributed by atoms with E-state index in [1.54, 1.807) is 6.20 Å². The van der Waals surface area contributed by atoms with Crippen LogP contribution in [0.5, 0.6) is 0 Å². The molecular weight excluding hydrogens is 564 g/mol. The fourth-order valence-corrected chi connectivity index (χ4v) is 5.53. The highest BCUT2D eigenvalue weighted by Gasteiger charge is 2.13. The van der Waals surface area contributed by atoms with Crippen molar-refractivity contribution in [3.63, 3.8) is 0 Å². The van der Waals surface area contributed by atoms with Crippen molar-refractivity contribution in [3.05, 3.63) is 158 Å². The Morgan fingerprint density at radius 2 is 0.870 bits per heavy atom. The summed E-state index contributed by atoms with van der Waals surface area (Å²) in [5.41, 5.74) is 9.66. The van der Waals surface area contributed by atoms with Crippen LogP contribution in [0, 0.1) is 0 Å². The first-order valence-electron chi connectivity index (χ1n) is 15.0. The van der Waals surface area contributed by atoms with Crippen LogP contribution in [-0.4, -0.2) is 29.9 Å². The number of hydrogen-bond donors (Lipinski definition) is 0. The minimum atomic E-state index is 0.607. The number of hydrogen-bond acceptors (Lipinski definition) is 6. The van der Waals surface area contributed by atoms with E-state index in [4.69, 9.17) is 19.9 Å². The molecule has 46 heavy (non-hydrogen) atoms. The Balaban J connectivity index is 1.12. The van der Waals surface area contributed by atoms with E-state index in [9.17, 15) is 0 Å². The van der Waals surface area contributed by atoms with Crippen LogP contribution in [0.1, 0.15) is 0 Å². The molecule has 4 aromatic carbocycles. The molecule has 0 unspecified atom stereocenters. The molecule has 8 aromatic rings. The van der Waals surface area contributed by atoms with Gasteiger partial charge in [0.05, 0.1) is 16.9 Å². The zero-order valence-electron chi connectivity index (χ0n) is 24.7. The molecule has 0 bridgehead atoms. The Labute approximate surface area is 266 Å². The second kappa shape index (κ2) is 11.9. The maximum absolute atomic E-state index is 4.91. The lowest BCUT2D eigenvalue weighted by molar-refractivity contribution is 1.07. The number of pyridine rings is 3. The van der Waals surface area contributed by atoms with Crippen molar-refractivity contribution in [1.82, 2.24) is 29.9 Å². The van der Waals surface area contributed by atoms with Gasteiger partial charge in [-0.25, -0.2) is 15.0 Å². The van der Waals surface area contributed by atoms with Gasteiger partial charge in [-0.15, -0.1) is 0 Å². The Kier molecular flexibility index (Phi) is 7.05. The van der Waals surface area contributed by atoms with Gasteiger partial charge in [-0.3, -0.25) is 15.0 Å². The van der Waals surface area contributed by atoms with Gasteiger partial charge in [0.1, 0.15) is 0 Å². The van der Waals surface area contributed by atoms with Crippen molar-refractivity contribution >= 4 is 10.9 Å². The fourth-order valence-electron chi connectivity index (χ4n) is 5.53. The largest absolute Gasteiger partial charge is 0.256 e. The number of aromatic nitrogens is 6. The maximum atomic E-state index is 4.91. The van der Waals surface area contributed by atoms with E-state index >= 15 is 0 Å². The summed E-state index contributed by atoms with van der Waals surface area (Å²) in [6, 6.07) is 46.7. The molecule has 6 nitrogen and oxygen atoms in total. The molecule has 0 saturated carbocycles. The van der Waals surface area contributed by atoms with Crippen LogP contribution in [-0.2, 0) is 0 Å². The summed E-state index contributed by atoms with van der Waals surface area (Å²) in [4.78, 5) is 28.5. The van der Waals surface area contributed by atoms with Gasteiger partial charge in [-0.2, -0.15) is 0 Å². The van der Waals surface area contributed by atoms with Crippen LogP contribution >= 0.6 is 0 Å². The van der Waals surface area contributed by atoms with E-state index in [2.05, 4.69) is 58.5 Å². The number of para-hydroxylation sites is 1. The molecule has 0 atom stereocenters. The van der Waals surface area contributed by atoms with Gasteiger partial charge < -0.3 is 0 Å². The number of benzene rings is 4. The first-order chi connectivity index (χ1) is 22.8. The number of fused-ring (bicyclic) bond motifs is 1. The average Bonchev–Trinajstić information content (AvgIpc) is 3.15. The van der Waals surface area contributed by atoms with Crippen molar-refractivity contribution in [3.8, 4) is 67.8 Å². The van der Waals surface area contributed by atoms with E-state index < -0.39 is 0 Å². The quantitative estimate of drug-likeness (QED) is 0.192. The second-order valence-electron chi connectivity index (χ2n) is 10.9. The Hall–Kier alpha value is -6.40. The van der Waals surface area contributed by atoms with E-state index in [1.165, 1.54) is 0 Å². The maximum Gasteiger partial charge on any atom is 0.164 e. The molecule has 6 heteroatoms. The standard InChI is InChI=1S/C40H26N6/c1-2-8-30(9-3-1)38-44-39(31-18-14-27(15-19-31)35-13-4-5-24-41-35)46-40(45-38)32-20-16-28(17-21-32)36-23-22-33(26-43-36)34-12-6-10-29-11-7-25-42-37(29)34/h1-26H. The van der Waals surface area contributed by atoms with Crippen molar-refractivity contribution in [2.24, 2.45) is 0 Å². The number of rotatable bonds is 6. The summed E-state index contributed by atoms with van der Waals surface area (Å²) in [5.74, 6) is 1.84. The lowest BCUT2D eigenvalue weighted by atomic mass is 10.0. The third-order valence-corrected chi connectivity index (χ3v) is 7.92. The number of nitrogens with zero attached hydrogens (tertiary/aromatic N) is 6. The minimum Gasteiger partial charge on any atom is -0.256 e. The molecule has 4 heterocycles. The molecule has 216 valence electrons. The summed E-state index contributed by atoms with van der Waals surface area (Å²) in [7, 11) is 0. The molecule has 0 aliphatic heterocycles. The van der Waals surface area contributed by atoms with E-state index in [-0.39, 0.29) is 0 Å². The van der Waals surface area contributed by atoms with E-state index in [1.807, 2.05) is 103 Å². The first kappa shape index (κ1) is 27.2. The normalized spacial score (nSPS) is 11.0. The SMILES string of the molecule is c1ccc(-c2nc(-c3ccc(-c4ccccn4)cc3)nc(-c3ccc(-c4ccc(-c5cccc6cccnc56)cn4)cc3)n2)cc1. The van der Waals surface area contributed by atoms with Crippen molar-refractivity contribution < 1.29 is 0 Å². The molecule has 4 aromatic heterocycles. The molecule has 8 rings (SSSR count). The van der Waals surface area contributed by atoms with Crippen molar-refractivity contribution in [2.45, 2.75) is 0 Å². The third kappa shape index (κ3) is 5.40. The van der Waals surface area contributed by atoms with Gasteiger partial charge in [0.15, 0.2) is 17.5 Å². The van der Waals surface area contributed by atoms with Crippen LogP contribution in [0.2, 0.25) is 0 Å². The van der Waals surface area contributed by atoms with Crippen LogP contribution in [0.3, 0.4) is 0 Å². The zero-order valence-corrected chi connectivity index (χ0v) is 24.7. The lowest BCUT2D eigenvalue weighted by Gasteiger charge is -2.10. The Morgan fingerprint density at radius 1 is 0.326 bits per heavy atom. The van der Waals surface area contributed by atoms with Gasteiger partial charge in [0, 0.05) is 62.9 Å². The zero-order chi connectivity index (χ0) is 30.7. The van der Waals surface area contributed by atoms with Crippen LogP contribution in [0.25, 0.3) is 78.7 Å². The monoisotopic (exact) mass is 590 g/mol. The molecule has 0 radical (unpaired) electrons. The van der Waals surface area contributed by atoms with Crippen molar-refractivity contribution in [2.75, 3.05) is 0 Å². The highest BCUT2D eigenvalue weighted by Crippen LogP contribution is 2.30. The highest BCUT2D eigenvalue weighted by molar-refractivity contribution is 5.93. The molecular formula is C40H26N6. The molecule has 0 saturated heterocycles. The summed E-state index contributed by atoms with van der Waals surface area (Å²) in [6.07, 6.45) is 5.54. The smallest absolute Gasteiger partial charge is 0.164 e. The van der Waals surface area contributed by atoms with Crippen LogP contribution in [0.15, 0.2) is 158 Å². The van der Waals surface area contributed by atoms with Gasteiger partial charge in [0.25, 0.3) is 0 Å². The first-order valence-corrected chi connectivity index (χ1v) is 15.0. The van der Waals surface area contributed by atoms with Gasteiger partial charge in [-0.05, 0) is 24.3 Å². The highest BCUT2D eigenvalue weighted by atomic mass is 15.0. The molecule has 0 N–H and O–H groups in total. The molecule has 0 fully saturated rings. The van der Waals surface area contributed by atoms with Crippen molar-refractivity contribution in [1.29, 1.82) is 0 Å². The van der Waals surface area contributed by atoms with Gasteiger partial charge in [-0.1, -0.05) is 115 Å². The lowest BCUT2D eigenvalue weighted by Crippen LogP contribution is -2.00. The Bertz CT molecular complexity index is 2260. The molecule has 0 spiro atoms. The van der Waals surface area contributed by atoms with Crippen LogP contribution in [0.4, 0.5) is 0 Å². The summed E-state index contributed by atoms with van der Waals surface area (Å²) >= 11 is 0. The minimum absolute atomic E-state index is 0.607. The van der Waals surface area contributed by atoms with E-state index in [0.29, 0.717) is 17.5 Å². The van der Waals surface area contributed by atoms with Gasteiger partial charge in [0.2, 0.25) is 0 Å². The molecule has 0 amide bonds. The fraction of sp³-hybridized carbons (Fsp3) is 0. The molecule has 0 aliphatic carbocycles. The summed E-state index contributed by atoms with van der Waals surface area (Å²) in [6.45, 7) is 0.